The second-order valence-corrected chi connectivity index (χ2v) is 5.40. The summed E-state index contributed by atoms with van der Waals surface area (Å²) in [4.78, 5) is 24.6. The van der Waals surface area contributed by atoms with Crippen LogP contribution in [0, 0.1) is 0 Å². The Bertz CT molecular complexity index is 898. The van der Waals surface area contributed by atoms with Crippen LogP contribution in [0.2, 0.25) is 0 Å². The summed E-state index contributed by atoms with van der Waals surface area (Å²) in [5, 5.41) is 6.71. The lowest BCUT2D eigenvalue weighted by molar-refractivity contribution is -0.128. The maximum absolute atomic E-state index is 12.6. The van der Waals surface area contributed by atoms with Gasteiger partial charge in [0.05, 0.1) is 0 Å². The number of para-hydroxylation sites is 2. The summed E-state index contributed by atoms with van der Waals surface area (Å²) in [6, 6.07) is 8.82. The predicted molar refractivity (Wildman–Crippen MR) is 86.5 cm³/mol. The van der Waals surface area contributed by atoms with Gasteiger partial charge in [-0.1, -0.05) is 12.1 Å². The summed E-state index contributed by atoms with van der Waals surface area (Å²) >= 11 is 0. The van der Waals surface area contributed by atoms with E-state index < -0.39 is 12.2 Å². The van der Waals surface area contributed by atoms with Gasteiger partial charge in [-0.05, 0) is 19.1 Å². The first-order chi connectivity index (χ1) is 12.2. The molecule has 4 rings (SSSR count). The number of amides is 1. The van der Waals surface area contributed by atoms with Crippen LogP contribution in [0.25, 0.3) is 5.82 Å². The normalized spacial score (nSPS) is 18.6. The van der Waals surface area contributed by atoms with E-state index in [2.05, 4.69) is 25.4 Å². The van der Waals surface area contributed by atoms with Gasteiger partial charge in [0.15, 0.2) is 17.3 Å². The van der Waals surface area contributed by atoms with E-state index >= 15 is 0 Å². The maximum atomic E-state index is 12.6. The Kier molecular flexibility index (Phi) is 3.73. The van der Waals surface area contributed by atoms with Crippen molar-refractivity contribution in [1.82, 2.24) is 24.7 Å². The van der Waals surface area contributed by atoms with Crippen LogP contribution in [0.15, 0.2) is 49.3 Å². The van der Waals surface area contributed by atoms with Crippen molar-refractivity contribution in [3.8, 4) is 17.3 Å². The molecule has 1 aliphatic rings. The molecular formula is C16H14N6O3. The molecule has 0 saturated carbocycles. The fraction of sp³-hybridized carbons (Fsp3) is 0.188. The largest absolute Gasteiger partial charge is 0.482 e. The van der Waals surface area contributed by atoms with Crippen LogP contribution in [0.1, 0.15) is 6.92 Å². The summed E-state index contributed by atoms with van der Waals surface area (Å²) in [5.41, 5.74) is 0. The van der Waals surface area contributed by atoms with Crippen molar-refractivity contribution >= 4 is 11.7 Å². The third-order valence-electron chi connectivity index (χ3n) is 3.66. The Labute approximate surface area is 142 Å². The highest BCUT2D eigenvalue weighted by molar-refractivity contribution is 5.94. The van der Waals surface area contributed by atoms with Crippen molar-refractivity contribution in [2.24, 2.45) is 0 Å². The maximum Gasteiger partial charge on any atom is 0.270 e. The second kappa shape index (κ2) is 6.19. The first-order valence-electron chi connectivity index (χ1n) is 7.61. The number of hydrogen-bond donors (Lipinski definition) is 1. The summed E-state index contributed by atoms with van der Waals surface area (Å²) in [5.74, 6) is 1.62. The summed E-state index contributed by atoms with van der Waals surface area (Å²) in [6.07, 6.45) is 3.01. The Morgan fingerprint density at radius 3 is 2.72 bits per heavy atom. The number of ether oxygens (including phenoxy) is 2. The quantitative estimate of drug-likeness (QED) is 0.766. The number of rotatable bonds is 3. The van der Waals surface area contributed by atoms with Crippen LogP contribution < -0.4 is 14.8 Å². The highest BCUT2D eigenvalue weighted by Crippen LogP contribution is 2.33. The van der Waals surface area contributed by atoms with E-state index in [0.717, 1.165) is 0 Å². The lowest BCUT2D eigenvalue weighted by Crippen LogP contribution is -2.46. The number of anilines is 1. The molecule has 1 aromatic carbocycles. The molecule has 126 valence electrons. The number of hydrogen-bond acceptors (Lipinski definition) is 7. The van der Waals surface area contributed by atoms with E-state index in [1.807, 2.05) is 12.1 Å². The Morgan fingerprint density at radius 2 is 1.96 bits per heavy atom. The van der Waals surface area contributed by atoms with E-state index in [4.69, 9.17) is 9.47 Å². The van der Waals surface area contributed by atoms with Crippen molar-refractivity contribution in [1.29, 1.82) is 0 Å². The summed E-state index contributed by atoms with van der Waals surface area (Å²) in [7, 11) is 0. The number of nitrogens with one attached hydrogen (secondary N) is 1. The molecule has 1 N–H and O–H groups in total. The predicted octanol–water partition coefficient (Wildman–Crippen LogP) is 1.22. The van der Waals surface area contributed by atoms with Crippen molar-refractivity contribution in [2.75, 3.05) is 5.32 Å². The van der Waals surface area contributed by atoms with Crippen molar-refractivity contribution in [3.63, 3.8) is 0 Å². The minimum atomic E-state index is -0.792. The summed E-state index contributed by atoms with van der Waals surface area (Å²) < 4.78 is 13.0. The van der Waals surface area contributed by atoms with E-state index in [9.17, 15) is 4.79 Å². The summed E-state index contributed by atoms with van der Waals surface area (Å²) in [6.45, 7) is 1.78. The monoisotopic (exact) mass is 338 g/mol. The highest BCUT2D eigenvalue weighted by Gasteiger charge is 2.34. The van der Waals surface area contributed by atoms with Crippen molar-refractivity contribution < 1.29 is 14.3 Å². The zero-order chi connectivity index (χ0) is 17.2. The van der Waals surface area contributed by atoms with Crippen molar-refractivity contribution in [3.05, 3.63) is 49.3 Å². The molecule has 1 aliphatic heterocycles. The molecule has 0 spiro atoms. The molecule has 0 aliphatic carbocycles. The molecule has 1 amide bonds. The average Bonchev–Trinajstić information content (AvgIpc) is 3.16. The minimum Gasteiger partial charge on any atom is -0.482 e. The van der Waals surface area contributed by atoms with Gasteiger partial charge in [0.1, 0.15) is 30.9 Å². The van der Waals surface area contributed by atoms with Crippen LogP contribution in [-0.2, 0) is 4.79 Å². The van der Waals surface area contributed by atoms with E-state index in [0.29, 0.717) is 23.1 Å². The van der Waals surface area contributed by atoms with Gasteiger partial charge in [0.2, 0.25) is 6.10 Å². The van der Waals surface area contributed by atoms with Gasteiger partial charge in [0, 0.05) is 6.07 Å². The Morgan fingerprint density at radius 1 is 1.16 bits per heavy atom. The first-order valence-corrected chi connectivity index (χ1v) is 7.61. The number of benzene rings is 1. The Balaban J connectivity index is 1.52. The van der Waals surface area contributed by atoms with Crippen molar-refractivity contribution in [2.45, 2.75) is 19.1 Å². The first kappa shape index (κ1) is 15.1. The van der Waals surface area contributed by atoms with Crippen LogP contribution in [0.4, 0.5) is 5.82 Å². The second-order valence-electron chi connectivity index (χ2n) is 5.40. The van der Waals surface area contributed by atoms with E-state index in [1.54, 1.807) is 25.1 Å². The molecule has 0 saturated heterocycles. The van der Waals surface area contributed by atoms with Crippen LogP contribution in [0.5, 0.6) is 11.5 Å². The van der Waals surface area contributed by atoms with Gasteiger partial charge in [0.25, 0.3) is 5.91 Å². The fourth-order valence-electron chi connectivity index (χ4n) is 2.47. The zero-order valence-electron chi connectivity index (χ0n) is 13.2. The standard InChI is InChI=1S/C16H14N6O3/c1-10-15(25-12-5-3-2-4-11(12)24-10)16(23)21-13-6-14(19-8-18-13)22-9-17-7-20-22/h2-10,15H,1H3,(H,18,19,21,23)/t10-,15+/m1/s1. The molecule has 9 nitrogen and oxygen atoms in total. The van der Waals surface area contributed by atoms with Gasteiger partial charge in [-0.25, -0.2) is 19.6 Å². The average molecular weight is 338 g/mol. The van der Waals surface area contributed by atoms with Crippen LogP contribution >= 0.6 is 0 Å². The molecule has 0 radical (unpaired) electrons. The lowest BCUT2D eigenvalue weighted by Gasteiger charge is -2.30. The third kappa shape index (κ3) is 2.99. The molecule has 2 atom stereocenters. The number of carbonyl (C=O) groups excluding carboxylic acids is 1. The molecule has 9 heteroatoms. The number of fused-ring (bicyclic) bond motifs is 1. The molecule has 3 aromatic rings. The Hall–Kier alpha value is -3.49. The van der Waals surface area contributed by atoms with E-state index in [1.165, 1.54) is 23.7 Å². The highest BCUT2D eigenvalue weighted by atomic mass is 16.6. The number of carbonyl (C=O) groups is 1. The smallest absolute Gasteiger partial charge is 0.270 e. The van der Waals surface area contributed by atoms with Gasteiger partial charge in [-0.2, -0.15) is 5.10 Å². The molecule has 0 bridgehead atoms. The van der Waals surface area contributed by atoms with Crippen LogP contribution in [0.3, 0.4) is 0 Å². The van der Waals surface area contributed by atoms with E-state index in [-0.39, 0.29) is 5.91 Å². The van der Waals surface area contributed by atoms with Gasteiger partial charge in [-0.3, -0.25) is 4.79 Å². The molecular weight excluding hydrogens is 324 g/mol. The van der Waals surface area contributed by atoms with Gasteiger partial charge >= 0.3 is 0 Å². The molecule has 3 heterocycles. The fourth-order valence-corrected chi connectivity index (χ4v) is 2.47. The number of nitrogens with zero attached hydrogens (tertiary/aromatic N) is 5. The SMILES string of the molecule is C[C@H]1Oc2ccccc2O[C@@H]1C(=O)Nc1cc(-n2cncn2)ncn1. The van der Waals surface area contributed by atoms with Gasteiger partial charge in [-0.15, -0.1) is 0 Å². The van der Waals surface area contributed by atoms with Crippen LogP contribution in [-0.4, -0.2) is 42.8 Å². The lowest BCUT2D eigenvalue weighted by atomic mass is 10.1. The molecule has 0 fully saturated rings. The third-order valence-corrected chi connectivity index (χ3v) is 3.66. The molecule has 2 aromatic heterocycles. The number of aromatic nitrogens is 5. The molecule has 25 heavy (non-hydrogen) atoms. The zero-order valence-corrected chi connectivity index (χ0v) is 13.2. The van der Waals surface area contributed by atoms with Gasteiger partial charge < -0.3 is 14.8 Å². The minimum absolute atomic E-state index is 0.333. The molecule has 0 unspecified atom stereocenters. The topological polar surface area (TPSA) is 104 Å².